The molecule has 2 unspecified atom stereocenters. The maximum absolute atomic E-state index is 12.5. The smallest absolute Gasteiger partial charge is 0.257 e. The van der Waals surface area contributed by atoms with Gasteiger partial charge >= 0.3 is 0 Å². The van der Waals surface area contributed by atoms with Crippen LogP contribution in [0.2, 0.25) is 5.02 Å². The Labute approximate surface area is 123 Å². The molecular weight excluding hydrogens is 278 g/mol. The molecule has 5 heteroatoms. The summed E-state index contributed by atoms with van der Waals surface area (Å²) < 4.78 is 5.90. The first kappa shape index (κ1) is 13.7. The van der Waals surface area contributed by atoms with Crippen LogP contribution in [0.4, 0.5) is 0 Å². The molecule has 2 atom stereocenters. The monoisotopic (exact) mass is 295 g/mol. The minimum atomic E-state index is -0.153. The summed E-state index contributed by atoms with van der Waals surface area (Å²) in [5, 5.41) is 10.3. The summed E-state index contributed by atoms with van der Waals surface area (Å²) in [4.78, 5) is 14.3. The fourth-order valence-electron chi connectivity index (χ4n) is 2.74. The van der Waals surface area contributed by atoms with E-state index in [0.29, 0.717) is 29.6 Å². The number of benzene rings is 1. The molecule has 1 N–H and O–H groups in total. The number of phenolic OH excluding ortho intramolecular Hbond substituents is 1. The van der Waals surface area contributed by atoms with Crippen molar-refractivity contribution < 1.29 is 14.6 Å². The first-order valence-electron chi connectivity index (χ1n) is 6.98. The highest BCUT2D eigenvalue weighted by Crippen LogP contribution is 2.37. The molecule has 1 aromatic carbocycles. The third kappa shape index (κ3) is 2.76. The highest BCUT2D eigenvalue weighted by atomic mass is 35.5. The van der Waals surface area contributed by atoms with Gasteiger partial charge in [0.15, 0.2) is 0 Å². The maximum Gasteiger partial charge on any atom is 0.257 e. The van der Waals surface area contributed by atoms with Gasteiger partial charge in [-0.05, 0) is 43.9 Å². The van der Waals surface area contributed by atoms with Crippen molar-refractivity contribution in [3.63, 3.8) is 0 Å². The molecule has 0 aromatic heterocycles. The largest absolute Gasteiger partial charge is 0.507 e. The van der Waals surface area contributed by atoms with Crippen LogP contribution in [-0.2, 0) is 4.74 Å². The highest BCUT2D eigenvalue weighted by molar-refractivity contribution is 6.30. The van der Waals surface area contributed by atoms with Crippen molar-refractivity contribution in [2.75, 3.05) is 13.1 Å². The average molecular weight is 296 g/mol. The lowest BCUT2D eigenvalue weighted by Crippen LogP contribution is -2.49. The summed E-state index contributed by atoms with van der Waals surface area (Å²) in [5.74, 6) is 0.372. The molecule has 0 radical (unpaired) electrons. The number of phenols is 1. The Morgan fingerprint density at radius 3 is 2.80 bits per heavy atom. The molecule has 3 rings (SSSR count). The number of rotatable bonds is 2. The number of ether oxygens (including phenoxy) is 1. The van der Waals surface area contributed by atoms with E-state index in [1.165, 1.54) is 18.9 Å². The molecule has 108 valence electrons. The molecule has 1 heterocycles. The van der Waals surface area contributed by atoms with Crippen LogP contribution in [0.5, 0.6) is 5.75 Å². The van der Waals surface area contributed by atoms with Crippen molar-refractivity contribution in [1.82, 2.24) is 4.90 Å². The highest BCUT2D eigenvalue weighted by Gasteiger charge is 2.39. The molecule has 1 saturated heterocycles. The van der Waals surface area contributed by atoms with E-state index in [0.717, 1.165) is 0 Å². The van der Waals surface area contributed by atoms with Gasteiger partial charge in [0.1, 0.15) is 5.75 Å². The van der Waals surface area contributed by atoms with Gasteiger partial charge in [-0.15, -0.1) is 0 Å². The molecule has 1 amide bonds. The zero-order valence-electron chi connectivity index (χ0n) is 11.4. The third-order valence-corrected chi connectivity index (χ3v) is 4.15. The number of carbonyl (C=O) groups excluding carboxylic acids is 1. The molecule has 2 fully saturated rings. The number of nitrogens with zero attached hydrogens (tertiary/aromatic N) is 1. The minimum absolute atomic E-state index is 0.0349. The van der Waals surface area contributed by atoms with Crippen LogP contribution < -0.4 is 0 Å². The Bertz CT molecular complexity index is 530. The van der Waals surface area contributed by atoms with Crippen molar-refractivity contribution in [3.8, 4) is 5.75 Å². The van der Waals surface area contributed by atoms with Gasteiger partial charge in [-0.25, -0.2) is 0 Å². The fourth-order valence-corrected chi connectivity index (χ4v) is 2.90. The van der Waals surface area contributed by atoms with E-state index < -0.39 is 0 Å². The van der Waals surface area contributed by atoms with Gasteiger partial charge in [0, 0.05) is 18.1 Å². The Hall–Kier alpha value is -1.26. The maximum atomic E-state index is 12.5. The first-order valence-corrected chi connectivity index (χ1v) is 7.35. The second-order valence-corrected chi connectivity index (χ2v) is 6.13. The van der Waals surface area contributed by atoms with E-state index in [-0.39, 0.29) is 23.9 Å². The number of hydrogen-bond donors (Lipinski definition) is 1. The predicted octanol–water partition coefficient (Wildman–Crippen LogP) is 2.69. The van der Waals surface area contributed by atoms with E-state index in [1.807, 2.05) is 6.92 Å². The number of halogens is 1. The molecule has 1 aliphatic carbocycles. The number of amides is 1. The lowest BCUT2D eigenvalue weighted by Gasteiger charge is -2.37. The Balaban J connectivity index is 1.78. The van der Waals surface area contributed by atoms with Crippen LogP contribution in [0, 0.1) is 5.92 Å². The molecule has 4 nitrogen and oxygen atoms in total. The molecule has 1 saturated carbocycles. The summed E-state index contributed by atoms with van der Waals surface area (Å²) in [7, 11) is 0. The molecule has 0 spiro atoms. The molecular formula is C15H18ClNO3. The van der Waals surface area contributed by atoms with E-state index in [9.17, 15) is 9.90 Å². The van der Waals surface area contributed by atoms with Crippen molar-refractivity contribution in [3.05, 3.63) is 28.8 Å². The quantitative estimate of drug-likeness (QED) is 0.912. The number of aromatic hydroxyl groups is 1. The topological polar surface area (TPSA) is 49.8 Å². The van der Waals surface area contributed by atoms with Gasteiger partial charge in [-0.3, -0.25) is 4.79 Å². The van der Waals surface area contributed by atoms with Crippen molar-refractivity contribution >= 4 is 17.5 Å². The number of carbonyl (C=O) groups is 1. The predicted molar refractivity (Wildman–Crippen MR) is 76.1 cm³/mol. The molecule has 1 aromatic rings. The Morgan fingerprint density at radius 2 is 2.15 bits per heavy atom. The van der Waals surface area contributed by atoms with Crippen molar-refractivity contribution in [1.29, 1.82) is 0 Å². The van der Waals surface area contributed by atoms with Crippen molar-refractivity contribution in [2.45, 2.75) is 32.0 Å². The van der Waals surface area contributed by atoms with Gasteiger partial charge in [-0.1, -0.05) is 11.6 Å². The van der Waals surface area contributed by atoms with Crippen LogP contribution >= 0.6 is 11.6 Å². The van der Waals surface area contributed by atoms with E-state index >= 15 is 0 Å². The standard InChI is InChI=1S/C15H18ClNO3/c1-9-7-17(8-14(20-9)10-2-3-10)15(19)12-5-4-11(16)6-13(12)18/h4-6,9-10,14,18H,2-3,7-8H2,1H3. The lowest BCUT2D eigenvalue weighted by molar-refractivity contribution is -0.0762. The summed E-state index contributed by atoms with van der Waals surface area (Å²) >= 11 is 5.80. The normalized spacial score (nSPS) is 26.6. The van der Waals surface area contributed by atoms with Crippen LogP contribution in [0.25, 0.3) is 0 Å². The summed E-state index contributed by atoms with van der Waals surface area (Å²) in [6, 6.07) is 4.60. The molecule has 0 bridgehead atoms. The second kappa shape index (κ2) is 5.26. The molecule has 20 heavy (non-hydrogen) atoms. The Morgan fingerprint density at radius 1 is 1.40 bits per heavy atom. The van der Waals surface area contributed by atoms with Crippen molar-refractivity contribution in [2.24, 2.45) is 5.92 Å². The van der Waals surface area contributed by atoms with Gasteiger partial charge in [-0.2, -0.15) is 0 Å². The van der Waals surface area contributed by atoms with E-state index in [2.05, 4.69) is 0 Å². The van der Waals surface area contributed by atoms with Gasteiger partial charge < -0.3 is 14.7 Å². The SMILES string of the molecule is CC1CN(C(=O)c2ccc(Cl)cc2O)CC(C2CC2)O1. The second-order valence-electron chi connectivity index (χ2n) is 5.69. The van der Waals surface area contributed by atoms with Gasteiger partial charge in [0.05, 0.1) is 17.8 Å². The van der Waals surface area contributed by atoms with Gasteiger partial charge in [0.25, 0.3) is 5.91 Å². The van der Waals surface area contributed by atoms with Crippen LogP contribution in [0.1, 0.15) is 30.1 Å². The fraction of sp³-hybridized carbons (Fsp3) is 0.533. The van der Waals surface area contributed by atoms with Crippen LogP contribution in [0.3, 0.4) is 0 Å². The number of morpholine rings is 1. The summed E-state index contributed by atoms with van der Waals surface area (Å²) in [6.07, 6.45) is 2.54. The molecule has 2 aliphatic rings. The zero-order valence-corrected chi connectivity index (χ0v) is 12.1. The number of hydrogen-bond acceptors (Lipinski definition) is 3. The minimum Gasteiger partial charge on any atom is -0.507 e. The third-order valence-electron chi connectivity index (χ3n) is 3.91. The summed E-state index contributed by atoms with van der Waals surface area (Å²) in [5.41, 5.74) is 0.304. The zero-order chi connectivity index (χ0) is 14.3. The van der Waals surface area contributed by atoms with E-state index in [1.54, 1.807) is 17.0 Å². The molecule has 1 aliphatic heterocycles. The average Bonchev–Trinajstić information content (AvgIpc) is 3.21. The van der Waals surface area contributed by atoms with Crippen LogP contribution in [-0.4, -0.2) is 41.2 Å². The van der Waals surface area contributed by atoms with Gasteiger partial charge in [0.2, 0.25) is 0 Å². The lowest BCUT2D eigenvalue weighted by atomic mass is 10.1. The van der Waals surface area contributed by atoms with Crippen LogP contribution in [0.15, 0.2) is 18.2 Å². The van der Waals surface area contributed by atoms with E-state index in [4.69, 9.17) is 16.3 Å². The summed E-state index contributed by atoms with van der Waals surface area (Å²) in [6.45, 7) is 3.15. The first-order chi connectivity index (χ1) is 9.54. The Kier molecular flexibility index (Phi) is 3.61.